The molecule has 0 atom stereocenters. The van der Waals surface area contributed by atoms with E-state index in [1.165, 1.54) is 23.9 Å². The molecule has 0 bridgehead atoms. The summed E-state index contributed by atoms with van der Waals surface area (Å²) in [7, 11) is 0. The number of para-hydroxylation sites is 2. The van der Waals surface area contributed by atoms with E-state index >= 15 is 0 Å². The Morgan fingerprint density at radius 3 is 2.47 bits per heavy atom. The van der Waals surface area contributed by atoms with E-state index in [-0.39, 0.29) is 0 Å². The minimum absolute atomic E-state index is 0.629. The molecule has 4 aromatic rings. The maximum atomic E-state index is 6.11. The SMILES string of the molecule is Nc1cccc(C2CCN(CCCn3c(-c4ccc(Cl)cc4)nc4ccccc43)CC2)c1. The Morgan fingerprint density at radius 1 is 0.906 bits per heavy atom. The van der Waals surface area contributed by atoms with Gasteiger partial charge in [-0.2, -0.15) is 0 Å². The number of hydrogen-bond acceptors (Lipinski definition) is 3. The zero-order valence-corrected chi connectivity index (χ0v) is 19.0. The Bertz CT molecular complexity index is 1190. The number of halogens is 1. The highest BCUT2D eigenvalue weighted by molar-refractivity contribution is 6.30. The number of anilines is 1. The first-order valence-electron chi connectivity index (χ1n) is 11.5. The summed E-state index contributed by atoms with van der Waals surface area (Å²) in [5.74, 6) is 1.65. The minimum Gasteiger partial charge on any atom is -0.399 e. The lowest BCUT2D eigenvalue weighted by molar-refractivity contribution is 0.207. The number of rotatable bonds is 6. The van der Waals surface area contributed by atoms with Crippen molar-refractivity contribution < 1.29 is 0 Å². The van der Waals surface area contributed by atoms with Crippen molar-refractivity contribution in [3.63, 3.8) is 0 Å². The zero-order valence-electron chi connectivity index (χ0n) is 18.3. The van der Waals surface area contributed by atoms with E-state index in [1.807, 2.05) is 18.2 Å². The van der Waals surface area contributed by atoms with Crippen molar-refractivity contribution in [2.45, 2.75) is 31.7 Å². The van der Waals surface area contributed by atoms with Gasteiger partial charge in [0.1, 0.15) is 5.82 Å². The molecular formula is C27H29ClN4. The van der Waals surface area contributed by atoms with Crippen LogP contribution < -0.4 is 5.73 Å². The van der Waals surface area contributed by atoms with Crippen molar-refractivity contribution in [3.8, 4) is 11.4 Å². The van der Waals surface area contributed by atoms with Crippen LogP contribution in [0.25, 0.3) is 22.4 Å². The number of imidazole rings is 1. The van der Waals surface area contributed by atoms with Gasteiger partial charge in [0.25, 0.3) is 0 Å². The van der Waals surface area contributed by atoms with Crippen LogP contribution in [0, 0.1) is 0 Å². The summed E-state index contributed by atoms with van der Waals surface area (Å²) in [5.41, 5.74) is 11.6. The van der Waals surface area contributed by atoms with Crippen LogP contribution in [0.2, 0.25) is 5.02 Å². The van der Waals surface area contributed by atoms with Crippen molar-refractivity contribution in [2.24, 2.45) is 0 Å². The quantitative estimate of drug-likeness (QED) is 0.359. The average molecular weight is 445 g/mol. The van der Waals surface area contributed by atoms with Crippen LogP contribution in [0.3, 0.4) is 0 Å². The van der Waals surface area contributed by atoms with Crippen LogP contribution in [-0.4, -0.2) is 34.1 Å². The van der Waals surface area contributed by atoms with Gasteiger partial charge in [-0.15, -0.1) is 0 Å². The van der Waals surface area contributed by atoms with Crippen LogP contribution in [-0.2, 0) is 6.54 Å². The lowest BCUT2D eigenvalue weighted by atomic mass is 9.89. The standard InChI is InChI=1S/C27H29ClN4/c28-23-11-9-21(10-12-23)27-30-25-7-1-2-8-26(25)32(27)16-4-15-31-17-13-20(14-18-31)22-5-3-6-24(29)19-22/h1-3,5-12,19-20H,4,13-18,29H2. The third-order valence-electron chi connectivity index (χ3n) is 6.58. The highest BCUT2D eigenvalue weighted by Gasteiger charge is 2.21. The van der Waals surface area contributed by atoms with Gasteiger partial charge in [0.2, 0.25) is 0 Å². The topological polar surface area (TPSA) is 47.1 Å². The maximum absolute atomic E-state index is 6.11. The summed E-state index contributed by atoms with van der Waals surface area (Å²) in [6, 6.07) is 24.8. The lowest BCUT2D eigenvalue weighted by Crippen LogP contribution is -2.34. The minimum atomic E-state index is 0.629. The van der Waals surface area contributed by atoms with Crippen LogP contribution in [0.4, 0.5) is 5.69 Å². The highest BCUT2D eigenvalue weighted by atomic mass is 35.5. The molecule has 32 heavy (non-hydrogen) atoms. The monoisotopic (exact) mass is 444 g/mol. The van der Waals surface area contributed by atoms with Gasteiger partial charge in [0.15, 0.2) is 0 Å². The van der Waals surface area contributed by atoms with Crippen LogP contribution in [0.1, 0.15) is 30.7 Å². The largest absolute Gasteiger partial charge is 0.399 e. The summed E-state index contributed by atoms with van der Waals surface area (Å²) < 4.78 is 2.36. The number of benzene rings is 3. The number of likely N-dealkylation sites (tertiary alicyclic amines) is 1. The van der Waals surface area contributed by atoms with Gasteiger partial charge in [0.05, 0.1) is 11.0 Å². The van der Waals surface area contributed by atoms with Gasteiger partial charge in [0, 0.05) is 22.8 Å². The fourth-order valence-corrected chi connectivity index (χ4v) is 5.00. The second-order valence-corrected chi connectivity index (χ2v) is 9.16. The van der Waals surface area contributed by atoms with Gasteiger partial charge in [-0.05, 0) is 98.9 Å². The molecule has 1 aliphatic heterocycles. The molecule has 164 valence electrons. The van der Waals surface area contributed by atoms with E-state index in [1.54, 1.807) is 0 Å². The summed E-state index contributed by atoms with van der Waals surface area (Å²) in [6.45, 7) is 4.35. The molecule has 0 saturated carbocycles. The third-order valence-corrected chi connectivity index (χ3v) is 6.83. The third kappa shape index (κ3) is 4.52. The van der Waals surface area contributed by atoms with E-state index in [0.717, 1.165) is 60.2 Å². The smallest absolute Gasteiger partial charge is 0.141 e. The van der Waals surface area contributed by atoms with E-state index in [4.69, 9.17) is 22.3 Å². The molecule has 0 spiro atoms. The number of hydrogen-bond donors (Lipinski definition) is 1. The molecular weight excluding hydrogens is 416 g/mol. The molecule has 0 aliphatic carbocycles. The Hall–Kier alpha value is -2.82. The summed E-state index contributed by atoms with van der Waals surface area (Å²) >= 11 is 6.11. The molecule has 1 aromatic heterocycles. The van der Waals surface area contributed by atoms with Crippen LogP contribution in [0.15, 0.2) is 72.8 Å². The Morgan fingerprint density at radius 2 is 1.69 bits per heavy atom. The summed E-state index contributed by atoms with van der Waals surface area (Å²) in [5, 5.41) is 0.748. The van der Waals surface area contributed by atoms with Gasteiger partial charge in [-0.25, -0.2) is 4.98 Å². The zero-order chi connectivity index (χ0) is 21.9. The number of fused-ring (bicyclic) bond motifs is 1. The number of aryl methyl sites for hydroxylation is 1. The molecule has 0 radical (unpaired) electrons. The van der Waals surface area contributed by atoms with E-state index in [0.29, 0.717) is 5.92 Å². The van der Waals surface area contributed by atoms with Crippen molar-refractivity contribution in [1.29, 1.82) is 0 Å². The average Bonchev–Trinajstić information content (AvgIpc) is 3.19. The number of nitrogen functional groups attached to an aromatic ring is 1. The van der Waals surface area contributed by atoms with Crippen LogP contribution >= 0.6 is 11.6 Å². The summed E-state index contributed by atoms with van der Waals surface area (Å²) in [6.07, 6.45) is 3.50. The van der Waals surface area contributed by atoms with Crippen molar-refractivity contribution in [3.05, 3.63) is 83.4 Å². The molecule has 4 nitrogen and oxygen atoms in total. The van der Waals surface area contributed by atoms with Crippen molar-refractivity contribution in [1.82, 2.24) is 14.5 Å². The predicted octanol–water partition coefficient (Wildman–Crippen LogP) is 6.21. The highest BCUT2D eigenvalue weighted by Crippen LogP contribution is 2.30. The number of nitrogens with zero attached hydrogens (tertiary/aromatic N) is 3. The lowest BCUT2D eigenvalue weighted by Gasteiger charge is -2.32. The number of nitrogens with two attached hydrogens (primary N) is 1. The molecule has 1 fully saturated rings. The number of aromatic nitrogens is 2. The first kappa shape index (κ1) is 21.0. The second-order valence-electron chi connectivity index (χ2n) is 8.72. The molecule has 1 saturated heterocycles. The molecule has 5 heteroatoms. The first-order valence-corrected chi connectivity index (χ1v) is 11.8. The molecule has 1 aliphatic rings. The van der Waals surface area contributed by atoms with E-state index in [9.17, 15) is 0 Å². The maximum Gasteiger partial charge on any atom is 0.141 e. The molecule has 0 unspecified atom stereocenters. The van der Waals surface area contributed by atoms with Gasteiger partial charge in [-0.3, -0.25) is 0 Å². The Kier molecular flexibility index (Phi) is 6.15. The van der Waals surface area contributed by atoms with E-state index < -0.39 is 0 Å². The van der Waals surface area contributed by atoms with Gasteiger partial charge < -0.3 is 15.2 Å². The molecule has 5 rings (SSSR count). The van der Waals surface area contributed by atoms with Gasteiger partial charge >= 0.3 is 0 Å². The first-order chi connectivity index (χ1) is 15.7. The Labute approximate surface area is 194 Å². The summed E-state index contributed by atoms with van der Waals surface area (Å²) in [4.78, 5) is 7.53. The van der Waals surface area contributed by atoms with Crippen molar-refractivity contribution in [2.75, 3.05) is 25.4 Å². The molecule has 3 aromatic carbocycles. The van der Waals surface area contributed by atoms with Crippen LogP contribution in [0.5, 0.6) is 0 Å². The second kappa shape index (κ2) is 9.35. The predicted molar refractivity (Wildman–Crippen MR) is 134 cm³/mol. The fraction of sp³-hybridized carbons (Fsp3) is 0.296. The molecule has 2 heterocycles. The number of piperidine rings is 1. The van der Waals surface area contributed by atoms with Gasteiger partial charge in [-0.1, -0.05) is 35.9 Å². The van der Waals surface area contributed by atoms with Crippen molar-refractivity contribution >= 4 is 28.3 Å². The molecule has 2 N–H and O–H groups in total. The van der Waals surface area contributed by atoms with E-state index in [2.05, 4.69) is 64.1 Å². The normalized spacial score (nSPS) is 15.4. The molecule has 0 amide bonds. The fourth-order valence-electron chi connectivity index (χ4n) is 4.88. The Balaban J connectivity index is 1.24.